The predicted octanol–water partition coefficient (Wildman–Crippen LogP) is 6.00. The molecule has 3 fully saturated rings. The zero-order chi connectivity index (χ0) is 22.8. The lowest BCUT2D eigenvalue weighted by Gasteiger charge is -2.44. The first kappa shape index (κ1) is 24.7. The van der Waals surface area contributed by atoms with Crippen molar-refractivity contribution in [3.63, 3.8) is 0 Å². The van der Waals surface area contributed by atoms with Gasteiger partial charge in [0.2, 0.25) is 0 Å². The Bertz CT molecular complexity index is 716. The van der Waals surface area contributed by atoms with Crippen molar-refractivity contribution in [3.05, 3.63) is 35.2 Å². The summed E-state index contributed by atoms with van der Waals surface area (Å²) >= 11 is 0. The molecule has 0 bridgehead atoms. The molecule has 0 aromatic heterocycles. The summed E-state index contributed by atoms with van der Waals surface area (Å²) in [5, 5.41) is 30.2. The summed E-state index contributed by atoms with van der Waals surface area (Å²) in [6, 6.07) is 0. The van der Waals surface area contributed by atoms with Gasteiger partial charge in [0, 0.05) is 12.0 Å². The topological polar surface area (TPSA) is 60.7 Å². The molecule has 3 rings (SSSR count). The number of allylic oxidation sites excluding steroid dienone is 3. The summed E-state index contributed by atoms with van der Waals surface area (Å²) in [5.41, 5.74) is 2.23. The quantitative estimate of drug-likeness (QED) is 0.480. The normalized spacial score (nSPS) is 39.3. The standard InChI is InChI=1S/C27H43FO3/c1-18(7-5-13-26(2,3)31)23-11-12-24-19(8-6-14-27(23,24)4)9-10-20-15-21(29)16-25(30)22(20)17-28/h9-10,17-18,21,23-25,29-31H,5-8,11-16H2,1-4H3/b19-9?,20-10-,22-17?/t18-,21-,23-,24?,25-,27-/m1/s1. The zero-order valence-corrected chi connectivity index (χ0v) is 19.9. The SMILES string of the molecule is C[C@H](CCCC(C)(C)O)[C@H]1CCC2C(=C/C=C3/C[C@@H](O)C[C@@H](O)C3=CF)CCC[C@@]21C. The van der Waals surface area contributed by atoms with Crippen molar-refractivity contribution in [1.82, 2.24) is 0 Å². The van der Waals surface area contributed by atoms with E-state index in [-0.39, 0.29) is 6.42 Å². The summed E-state index contributed by atoms with van der Waals surface area (Å²) < 4.78 is 13.4. The lowest BCUT2D eigenvalue weighted by atomic mass is 9.60. The second-order valence-corrected chi connectivity index (χ2v) is 11.4. The lowest BCUT2D eigenvalue weighted by Crippen LogP contribution is -2.36. The molecular formula is C27H43FO3. The van der Waals surface area contributed by atoms with Gasteiger partial charge in [0.15, 0.2) is 0 Å². The van der Waals surface area contributed by atoms with Crippen LogP contribution in [-0.4, -0.2) is 33.1 Å². The van der Waals surface area contributed by atoms with Crippen LogP contribution in [0.2, 0.25) is 0 Å². The van der Waals surface area contributed by atoms with E-state index >= 15 is 0 Å². The molecule has 0 amide bonds. The maximum absolute atomic E-state index is 13.4. The van der Waals surface area contributed by atoms with E-state index in [1.54, 1.807) is 0 Å². The van der Waals surface area contributed by atoms with Crippen molar-refractivity contribution in [3.8, 4) is 0 Å². The molecule has 3 saturated carbocycles. The molecule has 1 unspecified atom stereocenters. The molecular weight excluding hydrogens is 391 g/mol. The molecule has 0 radical (unpaired) electrons. The van der Waals surface area contributed by atoms with Crippen LogP contribution in [0.15, 0.2) is 35.2 Å². The van der Waals surface area contributed by atoms with E-state index in [1.807, 2.05) is 19.9 Å². The van der Waals surface area contributed by atoms with Crippen molar-refractivity contribution in [2.75, 3.05) is 0 Å². The van der Waals surface area contributed by atoms with E-state index < -0.39 is 17.8 Å². The van der Waals surface area contributed by atoms with Gasteiger partial charge >= 0.3 is 0 Å². The summed E-state index contributed by atoms with van der Waals surface area (Å²) in [6.07, 6.45) is 12.8. The summed E-state index contributed by atoms with van der Waals surface area (Å²) in [6.45, 7) is 8.66. The number of aliphatic hydroxyl groups excluding tert-OH is 2. The Labute approximate surface area is 188 Å². The highest BCUT2D eigenvalue weighted by molar-refractivity contribution is 5.39. The zero-order valence-electron chi connectivity index (χ0n) is 19.9. The van der Waals surface area contributed by atoms with E-state index in [0.29, 0.717) is 41.5 Å². The smallest absolute Gasteiger partial charge is 0.0927 e. The molecule has 0 aromatic rings. The van der Waals surface area contributed by atoms with Crippen molar-refractivity contribution < 1.29 is 19.7 Å². The van der Waals surface area contributed by atoms with Gasteiger partial charge in [-0.15, -0.1) is 0 Å². The fourth-order valence-corrected chi connectivity index (χ4v) is 6.84. The average Bonchev–Trinajstić information content (AvgIpc) is 3.02. The highest BCUT2D eigenvalue weighted by atomic mass is 19.1. The minimum atomic E-state index is -0.921. The number of rotatable bonds is 6. The molecule has 3 N–H and O–H groups in total. The van der Waals surface area contributed by atoms with E-state index in [2.05, 4.69) is 19.9 Å². The number of fused-ring (bicyclic) bond motifs is 1. The second-order valence-electron chi connectivity index (χ2n) is 11.4. The highest BCUT2D eigenvalue weighted by Crippen LogP contribution is 2.60. The maximum atomic E-state index is 13.4. The van der Waals surface area contributed by atoms with E-state index in [4.69, 9.17) is 0 Å². The van der Waals surface area contributed by atoms with Crippen LogP contribution in [0.3, 0.4) is 0 Å². The molecule has 3 aliphatic carbocycles. The van der Waals surface area contributed by atoms with Crippen LogP contribution in [0.25, 0.3) is 0 Å². The van der Waals surface area contributed by atoms with Crippen LogP contribution in [0.5, 0.6) is 0 Å². The third-order valence-electron chi connectivity index (χ3n) is 8.47. The van der Waals surface area contributed by atoms with E-state index in [9.17, 15) is 19.7 Å². The highest BCUT2D eigenvalue weighted by Gasteiger charge is 2.50. The van der Waals surface area contributed by atoms with Crippen molar-refractivity contribution in [2.45, 2.75) is 110 Å². The van der Waals surface area contributed by atoms with Crippen LogP contribution >= 0.6 is 0 Å². The lowest BCUT2D eigenvalue weighted by molar-refractivity contribution is 0.0596. The average molecular weight is 435 g/mol. The molecule has 0 aliphatic heterocycles. The van der Waals surface area contributed by atoms with Gasteiger partial charge in [-0.05, 0) is 87.5 Å². The third kappa shape index (κ3) is 5.69. The van der Waals surface area contributed by atoms with Gasteiger partial charge < -0.3 is 15.3 Å². The van der Waals surface area contributed by atoms with Crippen LogP contribution in [-0.2, 0) is 0 Å². The Balaban J connectivity index is 1.73. The van der Waals surface area contributed by atoms with Gasteiger partial charge in [0.05, 0.1) is 24.1 Å². The van der Waals surface area contributed by atoms with Crippen LogP contribution in [0.1, 0.15) is 91.9 Å². The van der Waals surface area contributed by atoms with Crippen LogP contribution in [0, 0.1) is 23.2 Å². The molecule has 0 aromatic carbocycles. The molecule has 3 nitrogen and oxygen atoms in total. The summed E-state index contributed by atoms with van der Waals surface area (Å²) in [4.78, 5) is 0. The van der Waals surface area contributed by atoms with Gasteiger partial charge in [0.1, 0.15) is 0 Å². The van der Waals surface area contributed by atoms with Crippen LogP contribution < -0.4 is 0 Å². The van der Waals surface area contributed by atoms with Crippen LogP contribution in [0.4, 0.5) is 4.39 Å². The second kappa shape index (κ2) is 9.89. The first-order valence-electron chi connectivity index (χ1n) is 12.3. The Morgan fingerprint density at radius 3 is 2.65 bits per heavy atom. The molecule has 0 spiro atoms. The maximum Gasteiger partial charge on any atom is 0.0927 e. The minimum absolute atomic E-state index is 0.206. The number of halogens is 1. The molecule has 31 heavy (non-hydrogen) atoms. The Kier molecular flexibility index (Phi) is 7.87. The van der Waals surface area contributed by atoms with E-state index in [1.165, 1.54) is 37.7 Å². The monoisotopic (exact) mass is 434 g/mol. The first-order valence-corrected chi connectivity index (χ1v) is 12.3. The molecule has 0 heterocycles. The molecule has 0 saturated heterocycles. The Hall–Kier alpha value is -0.970. The Morgan fingerprint density at radius 2 is 1.97 bits per heavy atom. The molecule has 3 aliphatic rings. The molecule has 176 valence electrons. The summed E-state index contributed by atoms with van der Waals surface area (Å²) in [5.74, 6) is 1.92. The van der Waals surface area contributed by atoms with Gasteiger partial charge in [-0.3, -0.25) is 0 Å². The van der Waals surface area contributed by atoms with Gasteiger partial charge in [0.25, 0.3) is 0 Å². The van der Waals surface area contributed by atoms with Gasteiger partial charge in [-0.25, -0.2) is 4.39 Å². The summed E-state index contributed by atoms with van der Waals surface area (Å²) in [7, 11) is 0. The Morgan fingerprint density at radius 1 is 1.23 bits per heavy atom. The fraction of sp³-hybridized carbons (Fsp3) is 0.778. The van der Waals surface area contributed by atoms with Gasteiger partial charge in [-0.2, -0.15) is 0 Å². The predicted molar refractivity (Wildman–Crippen MR) is 124 cm³/mol. The van der Waals surface area contributed by atoms with Crippen molar-refractivity contribution in [1.29, 1.82) is 0 Å². The van der Waals surface area contributed by atoms with Crippen molar-refractivity contribution in [2.24, 2.45) is 23.2 Å². The minimum Gasteiger partial charge on any atom is -0.393 e. The van der Waals surface area contributed by atoms with E-state index in [0.717, 1.165) is 24.8 Å². The molecule has 6 atom stereocenters. The number of hydrogen-bond donors (Lipinski definition) is 3. The van der Waals surface area contributed by atoms with Crippen molar-refractivity contribution >= 4 is 0 Å². The number of aliphatic hydroxyl groups is 3. The molecule has 4 heteroatoms. The number of hydrogen-bond acceptors (Lipinski definition) is 3. The first-order chi connectivity index (χ1) is 14.5. The fourth-order valence-electron chi connectivity index (χ4n) is 6.84. The van der Waals surface area contributed by atoms with Gasteiger partial charge in [-0.1, -0.05) is 44.4 Å². The third-order valence-corrected chi connectivity index (χ3v) is 8.47. The largest absolute Gasteiger partial charge is 0.393 e.